The van der Waals surface area contributed by atoms with E-state index in [1.807, 2.05) is 13.0 Å². The zero-order chi connectivity index (χ0) is 27.6. The number of hydrogen-bond acceptors (Lipinski definition) is 4. The zero-order valence-corrected chi connectivity index (χ0v) is 24.3. The Bertz CT molecular complexity index is 1070. The molecule has 3 rings (SSSR count). The monoisotopic (exact) mass is 520 g/mol. The third kappa shape index (κ3) is 7.50. The van der Waals surface area contributed by atoms with Crippen LogP contribution in [0.5, 0.6) is 5.75 Å². The standard InChI is InChI=1S/C34H48O4/c1-6-34(7-2,29-16-15-28(26(4)24-29)19-22-33(36)20-11-12-21-33)30-17-18-31(27(5)25-30)38-23-13-9-10-14-32(35)37-8-3/h15-19,22,24-25,36H,6-14,20-21,23H2,1-5H3. The van der Waals surface area contributed by atoms with E-state index in [0.29, 0.717) is 19.6 Å². The first kappa shape index (κ1) is 30.0. The second-order valence-corrected chi connectivity index (χ2v) is 10.9. The van der Waals surface area contributed by atoms with Crippen molar-refractivity contribution in [2.75, 3.05) is 13.2 Å². The molecule has 1 N–H and O–H groups in total. The number of hydrogen-bond donors (Lipinski definition) is 1. The molecule has 0 bridgehead atoms. The largest absolute Gasteiger partial charge is 0.493 e. The number of aryl methyl sites for hydroxylation is 2. The summed E-state index contributed by atoms with van der Waals surface area (Å²) < 4.78 is 11.1. The van der Waals surface area contributed by atoms with Crippen molar-refractivity contribution in [2.45, 2.75) is 110 Å². The van der Waals surface area contributed by atoms with E-state index in [0.717, 1.165) is 69.1 Å². The van der Waals surface area contributed by atoms with Gasteiger partial charge in [0.1, 0.15) is 5.75 Å². The SMILES string of the molecule is CCOC(=O)CCCCCOc1ccc(C(CC)(CC)c2ccc(C=CC3(O)CCCC3)c(C)c2)cc1C. The zero-order valence-electron chi connectivity index (χ0n) is 24.3. The van der Waals surface area contributed by atoms with E-state index >= 15 is 0 Å². The summed E-state index contributed by atoms with van der Waals surface area (Å²) in [7, 11) is 0. The lowest BCUT2D eigenvalue weighted by molar-refractivity contribution is -0.143. The van der Waals surface area contributed by atoms with Gasteiger partial charge in [0.2, 0.25) is 0 Å². The number of ether oxygens (including phenoxy) is 2. The Morgan fingerprint density at radius 2 is 1.61 bits per heavy atom. The highest BCUT2D eigenvalue weighted by molar-refractivity contribution is 5.69. The van der Waals surface area contributed by atoms with Crippen LogP contribution in [0, 0.1) is 13.8 Å². The van der Waals surface area contributed by atoms with Crippen LogP contribution in [0.1, 0.15) is 113 Å². The molecule has 4 nitrogen and oxygen atoms in total. The van der Waals surface area contributed by atoms with Gasteiger partial charge in [-0.25, -0.2) is 0 Å². The molecule has 0 atom stereocenters. The maximum Gasteiger partial charge on any atom is 0.305 e. The molecule has 1 aliphatic rings. The van der Waals surface area contributed by atoms with Crippen molar-refractivity contribution in [2.24, 2.45) is 0 Å². The summed E-state index contributed by atoms with van der Waals surface area (Å²) in [6.45, 7) is 11.8. The molecule has 0 heterocycles. The summed E-state index contributed by atoms with van der Waals surface area (Å²) in [5, 5.41) is 10.7. The summed E-state index contributed by atoms with van der Waals surface area (Å²) in [6.07, 6.45) is 13.3. The second kappa shape index (κ2) is 14.0. The molecule has 0 spiro atoms. The molecule has 2 aromatic carbocycles. The normalized spacial score (nSPS) is 15.2. The quantitative estimate of drug-likeness (QED) is 0.201. The molecule has 0 aromatic heterocycles. The summed E-state index contributed by atoms with van der Waals surface area (Å²) in [5.41, 5.74) is 5.54. The van der Waals surface area contributed by atoms with Crippen molar-refractivity contribution in [1.82, 2.24) is 0 Å². The molecule has 0 amide bonds. The number of carbonyl (C=O) groups excluding carboxylic acids is 1. The number of carbonyl (C=O) groups is 1. The lowest BCUT2D eigenvalue weighted by Gasteiger charge is -2.34. The molecule has 1 aliphatic carbocycles. The highest BCUT2D eigenvalue weighted by atomic mass is 16.5. The predicted octanol–water partition coefficient (Wildman–Crippen LogP) is 8.23. The van der Waals surface area contributed by atoms with Gasteiger partial charge in [-0.05, 0) is 99.6 Å². The van der Waals surface area contributed by atoms with E-state index in [4.69, 9.17) is 9.47 Å². The molecule has 2 aromatic rings. The topological polar surface area (TPSA) is 55.8 Å². The van der Waals surface area contributed by atoms with Crippen molar-refractivity contribution >= 4 is 12.0 Å². The molecule has 208 valence electrons. The van der Waals surface area contributed by atoms with E-state index in [-0.39, 0.29) is 11.4 Å². The van der Waals surface area contributed by atoms with Gasteiger partial charge in [-0.3, -0.25) is 4.79 Å². The van der Waals surface area contributed by atoms with Gasteiger partial charge in [0.15, 0.2) is 0 Å². The van der Waals surface area contributed by atoms with Gasteiger partial charge in [-0.2, -0.15) is 0 Å². The molecular weight excluding hydrogens is 472 g/mol. The van der Waals surface area contributed by atoms with Gasteiger partial charge in [-0.15, -0.1) is 0 Å². The molecule has 1 saturated carbocycles. The molecule has 0 saturated heterocycles. The van der Waals surface area contributed by atoms with Crippen LogP contribution in [0.3, 0.4) is 0 Å². The predicted molar refractivity (Wildman–Crippen MR) is 157 cm³/mol. The minimum atomic E-state index is -0.633. The fourth-order valence-corrected chi connectivity index (χ4v) is 5.86. The first-order valence-electron chi connectivity index (χ1n) is 14.7. The summed E-state index contributed by atoms with van der Waals surface area (Å²) in [6, 6.07) is 13.5. The lowest BCUT2D eigenvalue weighted by atomic mass is 9.70. The summed E-state index contributed by atoms with van der Waals surface area (Å²) >= 11 is 0. The highest BCUT2D eigenvalue weighted by Crippen LogP contribution is 2.41. The first-order valence-corrected chi connectivity index (χ1v) is 14.7. The van der Waals surface area contributed by atoms with Crippen LogP contribution in [-0.2, 0) is 14.9 Å². The van der Waals surface area contributed by atoms with Crippen LogP contribution >= 0.6 is 0 Å². The van der Waals surface area contributed by atoms with Crippen LogP contribution in [0.15, 0.2) is 42.5 Å². The fourth-order valence-electron chi connectivity index (χ4n) is 5.86. The third-order valence-corrected chi connectivity index (χ3v) is 8.39. The average molecular weight is 521 g/mol. The first-order chi connectivity index (χ1) is 18.3. The Balaban J connectivity index is 1.68. The van der Waals surface area contributed by atoms with Crippen LogP contribution < -0.4 is 4.74 Å². The Kier molecular flexibility index (Phi) is 11.0. The number of aliphatic hydroxyl groups is 1. The Hall–Kier alpha value is -2.59. The van der Waals surface area contributed by atoms with E-state index < -0.39 is 5.60 Å². The van der Waals surface area contributed by atoms with E-state index in [1.165, 1.54) is 22.3 Å². The minimum Gasteiger partial charge on any atom is -0.493 e. The maximum atomic E-state index is 11.5. The van der Waals surface area contributed by atoms with Crippen LogP contribution in [-0.4, -0.2) is 29.9 Å². The Morgan fingerprint density at radius 3 is 2.21 bits per heavy atom. The average Bonchev–Trinajstić information content (AvgIpc) is 3.34. The van der Waals surface area contributed by atoms with Gasteiger partial charge >= 0.3 is 5.97 Å². The fraction of sp³-hybridized carbons (Fsp3) is 0.559. The maximum absolute atomic E-state index is 11.5. The molecule has 0 unspecified atom stereocenters. The van der Waals surface area contributed by atoms with Crippen LogP contribution in [0.25, 0.3) is 6.08 Å². The highest BCUT2D eigenvalue weighted by Gasteiger charge is 2.32. The van der Waals surface area contributed by atoms with Gasteiger partial charge in [0.05, 0.1) is 18.8 Å². The third-order valence-electron chi connectivity index (χ3n) is 8.39. The van der Waals surface area contributed by atoms with Crippen LogP contribution in [0.2, 0.25) is 0 Å². The van der Waals surface area contributed by atoms with Crippen molar-refractivity contribution in [3.8, 4) is 5.75 Å². The summed E-state index contributed by atoms with van der Waals surface area (Å²) in [5.74, 6) is 0.820. The second-order valence-electron chi connectivity index (χ2n) is 10.9. The van der Waals surface area contributed by atoms with Crippen molar-refractivity contribution in [3.05, 3.63) is 70.3 Å². The van der Waals surface area contributed by atoms with Gasteiger partial charge in [0, 0.05) is 11.8 Å². The van der Waals surface area contributed by atoms with E-state index in [2.05, 4.69) is 70.2 Å². The van der Waals surface area contributed by atoms with Gasteiger partial charge in [-0.1, -0.05) is 69.2 Å². The molecule has 1 fully saturated rings. The molecule has 38 heavy (non-hydrogen) atoms. The van der Waals surface area contributed by atoms with Crippen molar-refractivity contribution in [1.29, 1.82) is 0 Å². The molecule has 0 radical (unpaired) electrons. The number of benzene rings is 2. The van der Waals surface area contributed by atoms with Crippen LogP contribution in [0.4, 0.5) is 0 Å². The number of rotatable bonds is 14. The lowest BCUT2D eigenvalue weighted by Crippen LogP contribution is -2.26. The van der Waals surface area contributed by atoms with E-state index in [1.54, 1.807) is 0 Å². The van der Waals surface area contributed by atoms with E-state index in [9.17, 15) is 9.90 Å². The molecular formula is C34H48O4. The number of esters is 1. The van der Waals surface area contributed by atoms with Crippen molar-refractivity contribution < 1.29 is 19.4 Å². The molecule has 0 aliphatic heterocycles. The van der Waals surface area contributed by atoms with Crippen molar-refractivity contribution in [3.63, 3.8) is 0 Å². The Labute approximate surface area is 230 Å². The smallest absolute Gasteiger partial charge is 0.305 e. The summed E-state index contributed by atoms with van der Waals surface area (Å²) in [4.78, 5) is 11.5. The minimum absolute atomic E-state index is 0.0625. The van der Waals surface area contributed by atoms with Gasteiger partial charge in [0.25, 0.3) is 0 Å². The molecule has 4 heteroatoms. The number of unbranched alkanes of at least 4 members (excludes halogenated alkanes) is 2. The Morgan fingerprint density at radius 1 is 0.947 bits per heavy atom. The van der Waals surface area contributed by atoms with Gasteiger partial charge < -0.3 is 14.6 Å².